The molecular formula is C24H28N2O4S. The zero-order chi connectivity index (χ0) is 22.0. The van der Waals surface area contributed by atoms with Crippen LogP contribution in [0.2, 0.25) is 0 Å². The van der Waals surface area contributed by atoms with Crippen molar-refractivity contribution < 1.29 is 20.1 Å². The molecule has 1 heterocycles. The highest BCUT2D eigenvalue weighted by Crippen LogP contribution is 2.45. The lowest BCUT2D eigenvalue weighted by Crippen LogP contribution is -2.21. The molecular weight excluding hydrogens is 412 g/mol. The average Bonchev–Trinajstić information content (AvgIpc) is 3.31. The summed E-state index contributed by atoms with van der Waals surface area (Å²) >= 11 is 1.20. The van der Waals surface area contributed by atoms with Crippen LogP contribution in [0, 0.1) is 18.4 Å². The van der Waals surface area contributed by atoms with Crippen LogP contribution in [0.15, 0.2) is 30.5 Å². The maximum absolute atomic E-state index is 11.0. The summed E-state index contributed by atoms with van der Waals surface area (Å²) < 4.78 is 0. The molecule has 2 saturated carbocycles. The SMILES string of the molecule is [C-]#[N+][C@@H]1C[C@@H](O)C(c2ccc(C(O)C3CCC3)cc2)C1CCCc1ncc(C(=O)O)s1. The van der Waals surface area contributed by atoms with Gasteiger partial charge in [-0.05, 0) is 49.1 Å². The van der Waals surface area contributed by atoms with E-state index in [9.17, 15) is 15.0 Å². The van der Waals surface area contributed by atoms with Crippen molar-refractivity contribution in [2.24, 2.45) is 11.8 Å². The third-order valence-corrected chi connectivity index (χ3v) is 8.02. The number of benzene rings is 1. The number of aromatic nitrogens is 1. The molecule has 2 fully saturated rings. The van der Waals surface area contributed by atoms with E-state index in [4.69, 9.17) is 11.7 Å². The number of nitrogens with zero attached hydrogens (tertiary/aromatic N) is 2. The molecule has 0 amide bonds. The minimum Gasteiger partial charge on any atom is -0.477 e. The summed E-state index contributed by atoms with van der Waals surface area (Å²) in [7, 11) is 0. The highest BCUT2D eigenvalue weighted by atomic mass is 32.1. The van der Waals surface area contributed by atoms with Crippen LogP contribution in [0.4, 0.5) is 0 Å². The number of aryl methyl sites for hydroxylation is 1. The fraction of sp³-hybridized carbons (Fsp3) is 0.542. The molecule has 7 heteroatoms. The number of aliphatic hydroxyl groups excluding tert-OH is 2. The molecule has 6 nitrogen and oxygen atoms in total. The fourth-order valence-electron chi connectivity index (χ4n) is 5.04. The third kappa shape index (κ3) is 4.67. The lowest BCUT2D eigenvalue weighted by atomic mass is 9.78. The predicted octanol–water partition coefficient (Wildman–Crippen LogP) is 4.45. The number of hydrogen-bond acceptors (Lipinski definition) is 5. The second kappa shape index (κ2) is 9.47. The number of carboxylic acids is 1. The smallest absolute Gasteiger partial charge is 0.347 e. The summed E-state index contributed by atoms with van der Waals surface area (Å²) in [6, 6.07) is 7.73. The summed E-state index contributed by atoms with van der Waals surface area (Å²) in [5, 5.41) is 31.1. The standard InChI is InChI=1S/C24H28N2O4S/c1-25-18-12-19(27)22(14-8-10-16(11-9-14)23(28)15-4-2-5-15)17(18)6-3-7-21-26-13-20(31-21)24(29)30/h8-11,13,15,17-19,22-23,27-28H,2-7,12H2,(H,29,30)/t17?,18-,19-,22?,23?/m1/s1. The van der Waals surface area contributed by atoms with Gasteiger partial charge in [0.25, 0.3) is 0 Å². The molecule has 1 aromatic heterocycles. The Balaban J connectivity index is 1.43. The molecule has 164 valence electrons. The van der Waals surface area contributed by atoms with Crippen molar-refractivity contribution in [2.45, 2.75) is 69.1 Å². The second-order valence-electron chi connectivity index (χ2n) is 8.81. The van der Waals surface area contributed by atoms with E-state index in [1.807, 2.05) is 24.3 Å². The Morgan fingerprint density at radius 2 is 2.03 bits per heavy atom. The van der Waals surface area contributed by atoms with Gasteiger partial charge in [-0.1, -0.05) is 30.7 Å². The van der Waals surface area contributed by atoms with Gasteiger partial charge < -0.3 is 20.2 Å². The Morgan fingerprint density at radius 3 is 2.61 bits per heavy atom. The van der Waals surface area contributed by atoms with Crippen LogP contribution in [0.5, 0.6) is 0 Å². The van der Waals surface area contributed by atoms with E-state index in [2.05, 4.69) is 9.83 Å². The third-order valence-electron chi connectivity index (χ3n) is 6.97. The Hall–Kier alpha value is -2.27. The number of hydrogen-bond donors (Lipinski definition) is 3. The quantitative estimate of drug-likeness (QED) is 0.527. The normalized spacial score (nSPS) is 26.9. The molecule has 0 saturated heterocycles. The van der Waals surface area contributed by atoms with Crippen LogP contribution >= 0.6 is 11.3 Å². The highest BCUT2D eigenvalue weighted by Gasteiger charge is 2.46. The Morgan fingerprint density at radius 1 is 1.29 bits per heavy atom. The van der Waals surface area contributed by atoms with Crippen LogP contribution in [0.25, 0.3) is 4.85 Å². The second-order valence-corrected chi connectivity index (χ2v) is 9.92. The maximum Gasteiger partial charge on any atom is 0.347 e. The van der Waals surface area contributed by atoms with E-state index >= 15 is 0 Å². The van der Waals surface area contributed by atoms with Crippen LogP contribution in [-0.4, -0.2) is 38.4 Å². The summed E-state index contributed by atoms with van der Waals surface area (Å²) in [5.41, 5.74) is 1.95. The number of aliphatic hydroxyl groups is 2. The van der Waals surface area contributed by atoms with Crippen LogP contribution in [0.3, 0.4) is 0 Å². The van der Waals surface area contributed by atoms with Gasteiger partial charge in [0.15, 0.2) is 0 Å². The Kier molecular flexibility index (Phi) is 6.71. The zero-order valence-electron chi connectivity index (χ0n) is 17.4. The lowest BCUT2D eigenvalue weighted by Gasteiger charge is -2.30. The van der Waals surface area contributed by atoms with Gasteiger partial charge in [-0.3, -0.25) is 0 Å². The van der Waals surface area contributed by atoms with Gasteiger partial charge in [-0.25, -0.2) is 16.4 Å². The molecule has 0 radical (unpaired) electrons. The van der Waals surface area contributed by atoms with E-state index in [1.54, 1.807) is 0 Å². The van der Waals surface area contributed by atoms with Crippen molar-refractivity contribution in [3.05, 3.63) is 62.9 Å². The summed E-state index contributed by atoms with van der Waals surface area (Å²) in [6.45, 7) is 7.59. The van der Waals surface area contributed by atoms with Gasteiger partial charge in [0.1, 0.15) is 4.88 Å². The predicted molar refractivity (Wildman–Crippen MR) is 118 cm³/mol. The molecule has 2 aliphatic rings. The number of rotatable bonds is 8. The largest absolute Gasteiger partial charge is 0.477 e. The first-order chi connectivity index (χ1) is 15.0. The van der Waals surface area contributed by atoms with Crippen molar-refractivity contribution in [3.8, 4) is 0 Å². The van der Waals surface area contributed by atoms with Gasteiger partial charge in [-0.2, -0.15) is 0 Å². The van der Waals surface area contributed by atoms with E-state index in [1.165, 1.54) is 24.0 Å². The van der Waals surface area contributed by atoms with Gasteiger partial charge in [0.2, 0.25) is 6.04 Å². The molecule has 0 spiro atoms. The topological polar surface area (TPSA) is 95.0 Å². The van der Waals surface area contributed by atoms with E-state index in [0.29, 0.717) is 18.8 Å². The van der Waals surface area contributed by atoms with Gasteiger partial charge >= 0.3 is 5.97 Å². The van der Waals surface area contributed by atoms with E-state index < -0.39 is 18.2 Å². The number of aromatic carboxylic acids is 1. The molecule has 5 atom stereocenters. The molecule has 0 aliphatic heterocycles. The van der Waals surface area contributed by atoms with Crippen LogP contribution in [0.1, 0.15) is 76.4 Å². The van der Waals surface area contributed by atoms with Crippen molar-refractivity contribution >= 4 is 17.3 Å². The molecule has 31 heavy (non-hydrogen) atoms. The molecule has 2 aliphatic carbocycles. The molecule has 3 N–H and O–H groups in total. The molecule has 3 unspecified atom stereocenters. The Bertz CT molecular complexity index is 947. The molecule has 1 aromatic carbocycles. The monoisotopic (exact) mass is 440 g/mol. The molecule has 0 bridgehead atoms. The number of carbonyl (C=O) groups is 1. The number of thiazole rings is 1. The fourth-order valence-corrected chi connectivity index (χ4v) is 5.84. The van der Waals surface area contributed by atoms with Crippen molar-refractivity contribution in [3.63, 3.8) is 0 Å². The van der Waals surface area contributed by atoms with Crippen molar-refractivity contribution in [1.29, 1.82) is 0 Å². The van der Waals surface area contributed by atoms with E-state index in [0.717, 1.165) is 41.8 Å². The first-order valence-corrected chi connectivity index (χ1v) is 11.8. The summed E-state index contributed by atoms with van der Waals surface area (Å²) in [4.78, 5) is 19.3. The maximum atomic E-state index is 11.0. The first kappa shape index (κ1) is 21.9. The van der Waals surface area contributed by atoms with E-state index in [-0.39, 0.29) is 22.8 Å². The van der Waals surface area contributed by atoms with Gasteiger partial charge in [-0.15, -0.1) is 11.3 Å². The highest BCUT2D eigenvalue weighted by molar-refractivity contribution is 7.13. The van der Waals surface area contributed by atoms with Gasteiger partial charge in [0, 0.05) is 18.3 Å². The average molecular weight is 441 g/mol. The minimum atomic E-state index is -0.957. The van der Waals surface area contributed by atoms with Crippen LogP contribution in [-0.2, 0) is 6.42 Å². The zero-order valence-corrected chi connectivity index (χ0v) is 18.2. The van der Waals surface area contributed by atoms with Gasteiger partial charge in [0.05, 0.1) is 23.4 Å². The summed E-state index contributed by atoms with van der Waals surface area (Å²) in [6.07, 6.45) is 6.49. The van der Waals surface area contributed by atoms with Crippen molar-refractivity contribution in [2.75, 3.05) is 0 Å². The van der Waals surface area contributed by atoms with Crippen molar-refractivity contribution in [1.82, 2.24) is 4.98 Å². The lowest BCUT2D eigenvalue weighted by molar-refractivity contribution is 0.0620. The van der Waals surface area contributed by atoms with Crippen LogP contribution < -0.4 is 0 Å². The minimum absolute atomic E-state index is 0.0498. The Labute approximate surface area is 186 Å². The first-order valence-electron chi connectivity index (χ1n) is 11.0. The molecule has 2 aromatic rings. The number of carboxylic acid groups (broad SMARTS) is 1. The summed E-state index contributed by atoms with van der Waals surface area (Å²) in [5.74, 6) is -0.648. The molecule has 4 rings (SSSR count).